The summed E-state index contributed by atoms with van der Waals surface area (Å²) in [6.45, 7) is 6.41. The Morgan fingerprint density at radius 1 is 1.32 bits per heavy atom. The largest absolute Gasteiger partial charge is 0.396 e. The van der Waals surface area contributed by atoms with Crippen molar-refractivity contribution in [3.8, 4) is 0 Å². The lowest BCUT2D eigenvalue weighted by Gasteiger charge is -2.04. The molecule has 0 saturated carbocycles. The fraction of sp³-hybridized carbons (Fsp3) is 0.846. The summed E-state index contributed by atoms with van der Waals surface area (Å²) >= 11 is 0. The maximum atomic E-state index is 8.73. The Morgan fingerprint density at radius 2 is 2.16 bits per heavy atom. The lowest BCUT2D eigenvalue weighted by molar-refractivity contribution is 0.128. The summed E-state index contributed by atoms with van der Waals surface area (Å²) in [5.74, 6) is 0. The number of aliphatic hydroxyl groups is 1. The van der Waals surface area contributed by atoms with Crippen molar-refractivity contribution >= 4 is 0 Å². The quantitative estimate of drug-likeness (QED) is 0.553. The Hall–Kier alpha value is -0.980. The second kappa shape index (κ2) is 10.9. The SMILES string of the molecule is CCCCOCCCNCc1cn(CCCO)nn1. The molecule has 0 spiro atoms. The van der Waals surface area contributed by atoms with Crippen molar-refractivity contribution in [2.45, 2.75) is 45.7 Å². The van der Waals surface area contributed by atoms with Crippen LogP contribution in [-0.2, 0) is 17.8 Å². The van der Waals surface area contributed by atoms with Gasteiger partial charge in [-0.25, -0.2) is 0 Å². The van der Waals surface area contributed by atoms with Gasteiger partial charge in [-0.15, -0.1) is 5.10 Å². The second-order valence-electron chi connectivity index (χ2n) is 4.55. The Balaban J connectivity index is 1.98. The number of aliphatic hydroxyl groups excluding tert-OH is 1. The molecule has 0 aliphatic heterocycles. The van der Waals surface area contributed by atoms with E-state index in [2.05, 4.69) is 22.6 Å². The summed E-state index contributed by atoms with van der Waals surface area (Å²) in [5, 5.41) is 20.1. The third kappa shape index (κ3) is 7.92. The third-order valence-corrected chi connectivity index (χ3v) is 2.72. The first-order valence-corrected chi connectivity index (χ1v) is 7.15. The summed E-state index contributed by atoms with van der Waals surface area (Å²) < 4.78 is 7.24. The van der Waals surface area contributed by atoms with E-state index in [9.17, 15) is 0 Å². The lowest BCUT2D eigenvalue weighted by atomic mass is 10.3. The standard InChI is InChI=1S/C13H26N4O2/c1-2-3-9-19-10-4-6-14-11-13-12-17(16-15-13)7-5-8-18/h12,14,18H,2-11H2,1H3. The number of nitrogens with zero attached hydrogens (tertiary/aromatic N) is 3. The summed E-state index contributed by atoms with van der Waals surface area (Å²) in [6.07, 6.45) is 5.97. The van der Waals surface area contributed by atoms with Gasteiger partial charge in [-0.3, -0.25) is 4.68 Å². The summed E-state index contributed by atoms with van der Waals surface area (Å²) in [5.41, 5.74) is 0.935. The fourth-order valence-electron chi connectivity index (χ4n) is 1.63. The van der Waals surface area contributed by atoms with Crippen molar-refractivity contribution in [1.29, 1.82) is 0 Å². The minimum absolute atomic E-state index is 0.186. The summed E-state index contributed by atoms with van der Waals surface area (Å²) in [7, 11) is 0. The first-order chi connectivity index (χ1) is 9.36. The van der Waals surface area contributed by atoms with Crippen LogP contribution in [0.2, 0.25) is 0 Å². The van der Waals surface area contributed by atoms with Crippen LogP contribution in [0.1, 0.15) is 38.3 Å². The molecule has 1 rings (SSSR count). The first kappa shape index (κ1) is 16.1. The lowest BCUT2D eigenvalue weighted by Crippen LogP contribution is -2.16. The number of unbranched alkanes of at least 4 members (excludes halogenated alkanes) is 1. The van der Waals surface area contributed by atoms with Gasteiger partial charge in [-0.05, 0) is 25.8 Å². The number of hydrogen-bond donors (Lipinski definition) is 2. The number of nitrogens with one attached hydrogen (secondary N) is 1. The fourth-order valence-corrected chi connectivity index (χ4v) is 1.63. The second-order valence-corrected chi connectivity index (χ2v) is 4.55. The highest BCUT2D eigenvalue weighted by molar-refractivity contribution is 4.91. The molecule has 0 atom stereocenters. The van der Waals surface area contributed by atoms with E-state index in [0.29, 0.717) is 6.42 Å². The van der Waals surface area contributed by atoms with Crippen LogP contribution in [0.3, 0.4) is 0 Å². The highest BCUT2D eigenvalue weighted by Crippen LogP contribution is 1.94. The van der Waals surface area contributed by atoms with Crippen LogP contribution in [0.25, 0.3) is 0 Å². The van der Waals surface area contributed by atoms with Gasteiger partial charge in [0.2, 0.25) is 0 Å². The normalized spacial score (nSPS) is 11.1. The molecule has 0 saturated heterocycles. The van der Waals surface area contributed by atoms with Gasteiger partial charge in [-0.2, -0.15) is 0 Å². The molecule has 6 nitrogen and oxygen atoms in total. The third-order valence-electron chi connectivity index (χ3n) is 2.72. The minimum atomic E-state index is 0.186. The molecule has 0 amide bonds. The highest BCUT2D eigenvalue weighted by atomic mass is 16.5. The van der Waals surface area contributed by atoms with Gasteiger partial charge in [0, 0.05) is 39.1 Å². The highest BCUT2D eigenvalue weighted by Gasteiger charge is 1.99. The van der Waals surface area contributed by atoms with Gasteiger partial charge in [0.25, 0.3) is 0 Å². The number of ether oxygens (including phenoxy) is 1. The van der Waals surface area contributed by atoms with E-state index in [-0.39, 0.29) is 6.61 Å². The molecular weight excluding hydrogens is 244 g/mol. The Bertz CT molecular complexity index is 317. The van der Waals surface area contributed by atoms with Crippen molar-refractivity contribution in [1.82, 2.24) is 20.3 Å². The smallest absolute Gasteiger partial charge is 0.0964 e. The molecular formula is C13H26N4O2. The van der Waals surface area contributed by atoms with E-state index in [1.807, 2.05) is 6.20 Å². The average Bonchev–Trinajstić information content (AvgIpc) is 2.87. The zero-order valence-electron chi connectivity index (χ0n) is 11.8. The van der Waals surface area contributed by atoms with Gasteiger partial charge in [-0.1, -0.05) is 18.6 Å². The van der Waals surface area contributed by atoms with Crippen molar-refractivity contribution in [3.63, 3.8) is 0 Å². The molecule has 2 N–H and O–H groups in total. The van der Waals surface area contributed by atoms with Gasteiger partial charge in [0.1, 0.15) is 0 Å². The van der Waals surface area contributed by atoms with Gasteiger partial charge in [0.05, 0.1) is 5.69 Å². The zero-order chi connectivity index (χ0) is 13.8. The maximum Gasteiger partial charge on any atom is 0.0964 e. The number of aryl methyl sites for hydroxylation is 1. The minimum Gasteiger partial charge on any atom is -0.396 e. The maximum absolute atomic E-state index is 8.73. The van der Waals surface area contributed by atoms with Crippen molar-refractivity contribution in [3.05, 3.63) is 11.9 Å². The molecule has 0 aromatic carbocycles. The van der Waals surface area contributed by atoms with Gasteiger partial charge >= 0.3 is 0 Å². The molecule has 1 aromatic heterocycles. The van der Waals surface area contributed by atoms with E-state index < -0.39 is 0 Å². The molecule has 0 aliphatic carbocycles. The Labute approximate surface area is 115 Å². The van der Waals surface area contributed by atoms with E-state index in [4.69, 9.17) is 9.84 Å². The number of hydrogen-bond acceptors (Lipinski definition) is 5. The molecule has 0 fully saturated rings. The van der Waals surface area contributed by atoms with E-state index in [1.54, 1.807) is 4.68 Å². The topological polar surface area (TPSA) is 72.2 Å². The molecule has 0 radical (unpaired) electrons. The van der Waals surface area contributed by atoms with Crippen molar-refractivity contribution in [2.75, 3.05) is 26.4 Å². The molecule has 19 heavy (non-hydrogen) atoms. The van der Waals surface area contributed by atoms with Gasteiger partial charge < -0.3 is 15.2 Å². The molecule has 1 heterocycles. The van der Waals surface area contributed by atoms with Crippen molar-refractivity contribution in [2.24, 2.45) is 0 Å². The molecule has 0 aliphatic rings. The van der Waals surface area contributed by atoms with E-state index in [0.717, 1.165) is 51.4 Å². The van der Waals surface area contributed by atoms with Crippen LogP contribution < -0.4 is 5.32 Å². The zero-order valence-corrected chi connectivity index (χ0v) is 11.8. The van der Waals surface area contributed by atoms with Crippen molar-refractivity contribution < 1.29 is 9.84 Å². The Morgan fingerprint density at radius 3 is 2.95 bits per heavy atom. The molecule has 0 unspecified atom stereocenters. The monoisotopic (exact) mass is 270 g/mol. The molecule has 6 heteroatoms. The van der Waals surface area contributed by atoms with Gasteiger partial charge in [0.15, 0.2) is 0 Å². The summed E-state index contributed by atoms with van der Waals surface area (Å²) in [6, 6.07) is 0. The molecule has 0 bridgehead atoms. The van der Waals surface area contributed by atoms with Crippen LogP contribution >= 0.6 is 0 Å². The molecule has 110 valence electrons. The van der Waals surface area contributed by atoms with Crippen LogP contribution in [0, 0.1) is 0 Å². The summed E-state index contributed by atoms with van der Waals surface area (Å²) in [4.78, 5) is 0. The average molecular weight is 270 g/mol. The first-order valence-electron chi connectivity index (χ1n) is 7.15. The van der Waals surface area contributed by atoms with E-state index in [1.165, 1.54) is 6.42 Å². The van der Waals surface area contributed by atoms with Crippen LogP contribution in [0.4, 0.5) is 0 Å². The number of rotatable bonds is 12. The van der Waals surface area contributed by atoms with Crippen LogP contribution in [0.5, 0.6) is 0 Å². The predicted molar refractivity (Wildman–Crippen MR) is 73.8 cm³/mol. The molecule has 1 aromatic rings. The Kier molecular flexibility index (Phi) is 9.22. The van der Waals surface area contributed by atoms with Crippen LogP contribution in [0.15, 0.2) is 6.20 Å². The number of aromatic nitrogens is 3. The van der Waals surface area contributed by atoms with E-state index >= 15 is 0 Å². The predicted octanol–water partition coefficient (Wildman–Crippen LogP) is 0.957. The van der Waals surface area contributed by atoms with Crippen LogP contribution in [-0.4, -0.2) is 46.5 Å².